The van der Waals surface area contributed by atoms with E-state index in [1.54, 1.807) is 0 Å². The molecule has 0 aromatic heterocycles. The number of carbonyl (C=O) groups is 1. The quantitative estimate of drug-likeness (QED) is 0.0810. The van der Waals surface area contributed by atoms with Crippen LogP contribution in [-0.2, 0) is 117 Å². The molecular weight excluding hydrogens is 1910 g/mol. The number of sulfone groups is 5. The number of fused-ring (bicyclic) bond motifs is 12. The Bertz CT molecular complexity index is 6400. The molecule has 12 atom stereocenters. The van der Waals surface area contributed by atoms with Gasteiger partial charge in [0.15, 0.2) is 103 Å². The lowest BCUT2D eigenvalue weighted by atomic mass is 9.69. The number of benzene rings is 8. The van der Waals surface area contributed by atoms with Gasteiger partial charge in [0.2, 0.25) is 0 Å². The summed E-state index contributed by atoms with van der Waals surface area (Å²) in [5.41, 5.74) is -13.3. The van der Waals surface area contributed by atoms with Crippen LogP contribution < -0.4 is 18.9 Å². The van der Waals surface area contributed by atoms with Gasteiger partial charge in [0, 0.05) is 25.4 Å². The zero-order valence-corrected chi connectivity index (χ0v) is 73.0. The molecule has 8 heterocycles. The normalized spacial score (nSPS) is 27.4. The summed E-state index contributed by atoms with van der Waals surface area (Å²) in [6.07, 6.45) is -19.0. The smallest absolute Gasteiger partial charge is 0.416 e. The summed E-state index contributed by atoms with van der Waals surface area (Å²) in [5, 5.41) is 19.4. The van der Waals surface area contributed by atoms with Gasteiger partial charge in [-0.25, -0.2) is 77.2 Å². The molecule has 8 aliphatic heterocycles. The lowest BCUT2D eigenvalue weighted by Crippen LogP contribution is -2.62. The van der Waals surface area contributed by atoms with E-state index >= 15 is 17.6 Å². The van der Waals surface area contributed by atoms with Crippen LogP contribution in [0.25, 0.3) is 0 Å². The molecule has 0 unspecified atom stereocenters. The molecule has 8 aromatic rings. The number of alkyl halides is 12. The molecule has 0 N–H and O–H groups in total. The molecule has 710 valence electrons. The second kappa shape index (κ2) is 34.3. The van der Waals surface area contributed by atoms with E-state index in [0.29, 0.717) is 54.8 Å². The van der Waals surface area contributed by atoms with Crippen molar-refractivity contribution >= 4 is 55.5 Å². The molecular formula is C86H72F20N2O19S5. The van der Waals surface area contributed by atoms with Gasteiger partial charge in [0.1, 0.15) is 57.7 Å². The molecule has 4 fully saturated rings. The van der Waals surface area contributed by atoms with Crippen molar-refractivity contribution in [1.82, 2.24) is 0 Å². The van der Waals surface area contributed by atoms with Crippen molar-refractivity contribution in [2.24, 2.45) is 23.7 Å². The highest BCUT2D eigenvalue weighted by Crippen LogP contribution is 2.64. The van der Waals surface area contributed by atoms with Crippen LogP contribution in [0.1, 0.15) is 104 Å². The standard InChI is InChI=1S/C23H23F5O6S2.2C21H16F5NO4S.C21H17F5O5S/c1-21(10-12-35(2,29)30)18-13-33-20-17(25)8-7-16(24)19(20)22(18,9-11-34-21)36(31,32)15-5-3-14(4-6-15)23(26,27)28;3*1-19(11-27)16-10-30-18-15(23)7-6-14(22)17(18)20(16,8-9-31-19)32(28,29)13-4-2-12(3-5-13)21(24,25)26/h3-8,18H,9-13H2,1-2H3;2*2-7,16H,8-10H2,1H3;2-7,11,16H,8-10H2,1H3/t18-,21-,22-;16-,19+,20+;2*16-,19-,20-/m0000/s1. The summed E-state index contributed by atoms with van der Waals surface area (Å²) >= 11 is 0. The van der Waals surface area contributed by atoms with Gasteiger partial charge in [0.05, 0.1) is 145 Å². The minimum atomic E-state index is -4.72. The van der Waals surface area contributed by atoms with Gasteiger partial charge >= 0.3 is 24.7 Å². The van der Waals surface area contributed by atoms with Crippen molar-refractivity contribution in [3.8, 4) is 35.1 Å². The topological polar surface area (TPSA) is 309 Å². The molecule has 0 amide bonds. The van der Waals surface area contributed by atoms with E-state index < -0.39 is 299 Å². The molecule has 4 saturated heterocycles. The van der Waals surface area contributed by atoms with Gasteiger partial charge in [-0.2, -0.15) is 63.2 Å². The number of nitrogens with zero attached hydrogens (tertiary/aromatic N) is 2. The van der Waals surface area contributed by atoms with E-state index in [1.807, 2.05) is 12.1 Å². The fraction of sp³-hybridized carbons (Fsp3) is 0.407. The highest BCUT2D eigenvalue weighted by molar-refractivity contribution is 7.93. The van der Waals surface area contributed by atoms with Crippen LogP contribution in [0, 0.1) is 92.9 Å². The van der Waals surface area contributed by atoms with Crippen molar-refractivity contribution in [2.75, 3.05) is 64.9 Å². The third-order valence-corrected chi connectivity index (χ3v) is 36.7. The van der Waals surface area contributed by atoms with Crippen LogP contribution in [0.2, 0.25) is 0 Å². The van der Waals surface area contributed by atoms with Crippen molar-refractivity contribution in [2.45, 2.75) is 145 Å². The second-order valence-corrected chi connectivity index (χ2v) is 44.0. The Labute approximate surface area is 740 Å². The summed E-state index contributed by atoms with van der Waals surface area (Å²) in [6.45, 7) is 2.43. The van der Waals surface area contributed by atoms with Crippen molar-refractivity contribution in [3.05, 3.63) is 237 Å². The molecule has 0 saturated carbocycles. The van der Waals surface area contributed by atoms with Crippen LogP contribution >= 0.6 is 0 Å². The predicted molar refractivity (Wildman–Crippen MR) is 420 cm³/mol. The van der Waals surface area contributed by atoms with E-state index in [1.165, 1.54) is 27.7 Å². The summed E-state index contributed by atoms with van der Waals surface area (Å²) in [6, 6.07) is 20.9. The number of halogens is 20. The Hall–Kier alpha value is -10.2. The minimum absolute atomic E-state index is 0.170. The SMILES string of the molecule is C[C@@]1(C#N)OCC[C@@]2(S(=O)(=O)c3ccc(C(F)(F)F)cc3)c3c(F)ccc(F)c3OC[C@@H]12.C[C@@]1(C=O)OCC[C@@]2(S(=O)(=O)c3ccc(C(F)(F)F)cc3)c3c(F)ccc(F)c3OC[C@@H]12.C[C@@]1(CCS(C)(=O)=O)OCC[C@@]2(S(=O)(=O)c3ccc(C(F)(F)F)cc3)c3c(F)ccc(F)c3OC[C@@H]12.C[C@]1(C#N)OCC[C@]2(S(=O)(=O)c3ccc(C(F)(F)F)cc3)c3c(F)ccc(F)c3OC[C@@H]12. The highest BCUT2D eigenvalue weighted by atomic mass is 32.2. The number of carbonyl (C=O) groups excluding carboxylic acids is 1. The van der Waals surface area contributed by atoms with Crippen molar-refractivity contribution < 1.29 is 173 Å². The number of nitriles is 2. The van der Waals surface area contributed by atoms with Gasteiger partial charge in [-0.15, -0.1) is 0 Å². The zero-order valence-electron chi connectivity index (χ0n) is 68.9. The summed E-state index contributed by atoms with van der Waals surface area (Å²) in [7, 11) is -22.2. The first-order chi connectivity index (χ1) is 61.2. The first-order valence-electron chi connectivity index (χ1n) is 39.3. The molecule has 0 radical (unpaired) electrons. The van der Waals surface area contributed by atoms with Crippen LogP contribution in [0.4, 0.5) is 87.8 Å². The molecule has 0 spiro atoms. The summed E-state index contributed by atoms with van der Waals surface area (Å²) < 4.78 is 446. The van der Waals surface area contributed by atoms with Crippen molar-refractivity contribution in [3.63, 3.8) is 0 Å². The first kappa shape index (κ1) is 99.3. The van der Waals surface area contributed by atoms with Gasteiger partial charge in [0.25, 0.3) is 0 Å². The van der Waals surface area contributed by atoms with Crippen molar-refractivity contribution in [1.29, 1.82) is 10.5 Å². The molecule has 46 heteroatoms. The second-order valence-electron chi connectivity index (χ2n) is 32.9. The Morgan fingerprint density at radius 3 is 0.818 bits per heavy atom. The van der Waals surface area contributed by atoms with E-state index in [4.69, 9.17) is 37.9 Å². The van der Waals surface area contributed by atoms with E-state index in [9.17, 15) is 128 Å². The monoisotopic (exact) mass is 1980 g/mol. The maximum atomic E-state index is 15.4. The van der Waals surface area contributed by atoms with E-state index in [2.05, 4.69) is 0 Å². The maximum Gasteiger partial charge on any atom is 0.416 e. The summed E-state index contributed by atoms with van der Waals surface area (Å²) in [4.78, 5) is 9.80. The third kappa shape index (κ3) is 16.3. The van der Waals surface area contributed by atoms with Gasteiger partial charge < -0.3 is 42.7 Å². The molecule has 0 aliphatic carbocycles. The van der Waals surface area contributed by atoms with E-state index in [-0.39, 0.29) is 64.3 Å². The minimum Gasteiger partial charge on any atom is -0.490 e. The maximum absolute atomic E-state index is 15.4. The lowest BCUT2D eigenvalue weighted by molar-refractivity contribution is -0.157. The van der Waals surface area contributed by atoms with Crippen LogP contribution in [0.5, 0.6) is 23.0 Å². The largest absolute Gasteiger partial charge is 0.490 e. The first-order valence-corrected chi connectivity index (χ1v) is 47.3. The molecule has 132 heavy (non-hydrogen) atoms. The molecule has 21 nitrogen and oxygen atoms in total. The van der Waals surface area contributed by atoms with E-state index in [0.717, 1.165) is 103 Å². The number of rotatable bonds is 12. The highest BCUT2D eigenvalue weighted by Gasteiger charge is 2.70. The van der Waals surface area contributed by atoms with Gasteiger partial charge in [-0.3, -0.25) is 0 Å². The van der Waals surface area contributed by atoms with Gasteiger partial charge in [-0.05, 0) is 205 Å². The summed E-state index contributed by atoms with van der Waals surface area (Å²) in [5.74, 6) is -16.1. The Morgan fingerprint density at radius 1 is 0.341 bits per heavy atom. The predicted octanol–water partition coefficient (Wildman–Crippen LogP) is 17.0. The average molecular weight is 1980 g/mol. The third-order valence-electron chi connectivity index (χ3n) is 25.6. The number of hydrogen-bond acceptors (Lipinski definition) is 21. The van der Waals surface area contributed by atoms with Crippen LogP contribution in [0.3, 0.4) is 0 Å². The Morgan fingerprint density at radius 2 is 0.568 bits per heavy atom. The van der Waals surface area contributed by atoms with Gasteiger partial charge in [-0.1, -0.05) is 0 Å². The van der Waals surface area contributed by atoms with Crippen LogP contribution in [-0.4, -0.2) is 136 Å². The fourth-order valence-corrected chi connectivity index (χ4v) is 29.3. The number of ether oxygens (including phenoxy) is 8. The van der Waals surface area contributed by atoms with Crippen LogP contribution in [0.15, 0.2) is 165 Å². The fourth-order valence-electron chi connectivity index (χ4n) is 18.9. The molecule has 0 bridgehead atoms. The Kier molecular flexibility index (Phi) is 25.8. The zero-order chi connectivity index (χ0) is 97.3. The average Bonchev–Trinajstić information content (AvgIpc) is 0.706. The molecule has 8 aliphatic rings. The lowest BCUT2D eigenvalue weighted by Gasteiger charge is -2.54. The Balaban J connectivity index is 0.000000150. The molecule has 16 rings (SSSR count). The number of hydrogen-bond donors (Lipinski definition) is 0. The molecule has 8 aromatic carbocycles. The number of aldehydes is 1.